The Morgan fingerprint density at radius 2 is 2.07 bits per heavy atom. The number of halogens is 1. The second-order valence-corrected chi connectivity index (χ2v) is 8.59. The Balaban J connectivity index is 1.30. The van der Waals surface area contributed by atoms with Crippen molar-refractivity contribution in [3.8, 4) is 5.75 Å². The number of benzene rings is 2. The maximum atomic E-state index is 12.4. The summed E-state index contributed by atoms with van der Waals surface area (Å²) >= 11 is 7.92. The molecule has 1 amide bonds. The number of fused-ring (bicyclic) bond motifs is 1. The number of carbonyl (C=O) groups is 1. The number of piperidine rings is 1. The van der Waals surface area contributed by atoms with Gasteiger partial charge in [-0.3, -0.25) is 4.79 Å². The molecule has 2 aromatic carbocycles. The zero-order chi connectivity index (χ0) is 19.5. The highest BCUT2D eigenvalue weighted by atomic mass is 35.5. The van der Waals surface area contributed by atoms with Crippen molar-refractivity contribution in [2.75, 3.05) is 32.1 Å². The molecule has 146 valence electrons. The van der Waals surface area contributed by atoms with Gasteiger partial charge in [0.25, 0.3) is 5.91 Å². The zero-order valence-electron chi connectivity index (χ0n) is 15.7. The van der Waals surface area contributed by atoms with E-state index in [9.17, 15) is 4.79 Å². The molecule has 2 heterocycles. The van der Waals surface area contributed by atoms with Crippen LogP contribution in [0.25, 0.3) is 10.2 Å². The number of nitrogens with zero attached hydrogens (tertiary/aromatic N) is 1. The van der Waals surface area contributed by atoms with Gasteiger partial charge in [0.05, 0.1) is 40.4 Å². The molecule has 1 aromatic heterocycles. The lowest BCUT2D eigenvalue weighted by Crippen LogP contribution is -3.14. The molecule has 0 saturated carbocycles. The number of rotatable bonds is 5. The quantitative estimate of drug-likeness (QED) is 0.670. The van der Waals surface area contributed by atoms with Crippen LogP contribution in [0.15, 0.2) is 42.5 Å². The first kappa shape index (κ1) is 19.2. The molecule has 5 nitrogen and oxygen atoms in total. The summed E-state index contributed by atoms with van der Waals surface area (Å²) in [7, 11) is 1.57. The molecule has 3 aromatic rings. The maximum Gasteiger partial charge on any atom is 0.279 e. The third-order valence-corrected chi connectivity index (χ3v) is 6.69. The van der Waals surface area contributed by atoms with Crippen molar-refractivity contribution in [1.82, 2.24) is 4.98 Å². The van der Waals surface area contributed by atoms with Crippen molar-refractivity contribution < 1.29 is 14.4 Å². The molecule has 1 saturated heterocycles. The van der Waals surface area contributed by atoms with Gasteiger partial charge >= 0.3 is 0 Å². The van der Waals surface area contributed by atoms with Gasteiger partial charge in [0.15, 0.2) is 6.54 Å². The van der Waals surface area contributed by atoms with Crippen molar-refractivity contribution in [3.05, 3.63) is 52.5 Å². The molecule has 7 heteroatoms. The van der Waals surface area contributed by atoms with Crippen molar-refractivity contribution >= 4 is 44.7 Å². The number of hydrogen-bond donors (Lipinski definition) is 2. The minimum Gasteiger partial charge on any atom is -0.495 e. The van der Waals surface area contributed by atoms with Crippen molar-refractivity contribution in [3.63, 3.8) is 0 Å². The van der Waals surface area contributed by atoms with E-state index < -0.39 is 0 Å². The number of likely N-dealkylation sites (tertiary alicyclic amines) is 1. The molecule has 0 spiro atoms. The van der Waals surface area contributed by atoms with Crippen molar-refractivity contribution in [2.24, 2.45) is 0 Å². The Kier molecular flexibility index (Phi) is 5.80. The van der Waals surface area contributed by atoms with Gasteiger partial charge in [-0.15, -0.1) is 11.3 Å². The number of ether oxygens (including phenoxy) is 1. The lowest BCUT2D eigenvalue weighted by Gasteiger charge is -2.27. The molecule has 0 bridgehead atoms. The predicted molar refractivity (Wildman–Crippen MR) is 114 cm³/mol. The van der Waals surface area contributed by atoms with E-state index in [1.54, 1.807) is 36.6 Å². The van der Waals surface area contributed by atoms with E-state index in [1.807, 2.05) is 6.07 Å². The summed E-state index contributed by atoms with van der Waals surface area (Å²) in [5.74, 6) is 1.11. The molecule has 1 fully saturated rings. The number of thiazole rings is 1. The van der Waals surface area contributed by atoms with Crippen LogP contribution < -0.4 is 15.0 Å². The second kappa shape index (κ2) is 8.47. The van der Waals surface area contributed by atoms with Gasteiger partial charge in [0, 0.05) is 24.4 Å². The third-order valence-electron chi connectivity index (χ3n) is 5.20. The van der Waals surface area contributed by atoms with Crippen LogP contribution in [0, 0.1) is 0 Å². The molecule has 4 rings (SSSR count). The smallest absolute Gasteiger partial charge is 0.279 e. The highest BCUT2D eigenvalue weighted by Gasteiger charge is 2.27. The summed E-state index contributed by atoms with van der Waals surface area (Å²) in [5.41, 5.74) is 1.79. The molecule has 0 radical (unpaired) electrons. The zero-order valence-corrected chi connectivity index (χ0v) is 17.3. The van der Waals surface area contributed by atoms with Crippen LogP contribution >= 0.6 is 22.9 Å². The van der Waals surface area contributed by atoms with E-state index in [2.05, 4.69) is 23.5 Å². The topological polar surface area (TPSA) is 55.7 Å². The van der Waals surface area contributed by atoms with E-state index in [0.29, 0.717) is 28.9 Å². The van der Waals surface area contributed by atoms with Gasteiger partial charge in [0.2, 0.25) is 0 Å². The summed E-state index contributed by atoms with van der Waals surface area (Å²) in [6, 6.07) is 13.6. The lowest BCUT2D eigenvalue weighted by molar-refractivity contribution is -0.897. The number of amides is 1. The fourth-order valence-corrected chi connectivity index (χ4v) is 5.09. The summed E-state index contributed by atoms with van der Waals surface area (Å²) in [6.45, 7) is 2.44. The number of carbonyl (C=O) groups excluding carboxylic acids is 1. The van der Waals surface area contributed by atoms with Crippen LogP contribution in [0.3, 0.4) is 0 Å². The first-order valence-corrected chi connectivity index (χ1v) is 10.6. The average molecular weight is 417 g/mol. The summed E-state index contributed by atoms with van der Waals surface area (Å²) in [5, 5.41) is 4.66. The fraction of sp³-hybridized carbons (Fsp3) is 0.333. The van der Waals surface area contributed by atoms with Gasteiger partial charge in [-0.05, 0) is 30.3 Å². The molecule has 2 N–H and O–H groups in total. The average Bonchev–Trinajstić information content (AvgIpc) is 3.13. The van der Waals surface area contributed by atoms with Crippen LogP contribution in [-0.4, -0.2) is 37.6 Å². The Morgan fingerprint density at radius 3 is 2.79 bits per heavy atom. The highest BCUT2D eigenvalue weighted by Crippen LogP contribution is 2.31. The SMILES string of the molecule is COc1ccc(NC(=O)C[NH+]2CCC(c3nc4ccccc4s3)CC2)cc1Cl. The van der Waals surface area contributed by atoms with Crippen LogP contribution in [0.5, 0.6) is 5.75 Å². The van der Waals surface area contributed by atoms with Crippen molar-refractivity contribution in [1.29, 1.82) is 0 Å². The molecule has 1 aliphatic rings. The Morgan fingerprint density at radius 1 is 1.29 bits per heavy atom. The van der Waals surface area contributed by atoms with Crippen LogP contribution in [0.4, 0.5) is 5.69 Å². The molecule has 28 heavy (non-hydrogen) atoms. The monoisotopic (exact) mass is 416 g/mol. The largest absolute Gasteiger partial charge is 0.495 e. The number of methoxy groups -OCH3 is 1. The Bertz CT molecular complexity index is 950. The van der Waals surface area contributed by atoms with Gasteiger partial charge in [-0.1, -0.05) is 23.7 Å². The Hall–Kier alpha value is -2.15. The fourth-order valence-electron chi connectivity index (χ4n) is 3.69. The van der Waals surface area contributed by atoms with Crippen molar-refractivity contribution in [2.45, 2.75) is 18.8 Å². The second-order valence-electron chi connectivity index (χ2n) is 7.12. The lowest BCUT2D eigenvalue weighted by atomic mass is 9.97. The molecular formula is C21H23ClN3O2S+. The first-order chi connectivity index (χ1) is 13.6. The predicted octanol–water partition coefficient (Wildman–Crippen LogP) is 3.36. The highest BCUT2D eigenvalue weighted by molar-refractivity contribution is 7.18. The van der Waals surface area contributed by atoms with Gasteiger partial charge < -0.3 is 15.0 Å². The van der Waals surface area contributed by atoms with E-state index in [0.717, 1.165) is 31.4 Å². The summed E-state index contributed by atoms with van der Waals surface area (Å²) in [6.07, 6.45) is 2.13. The Labute approximate surface area is 173 Å². The van der Waals surface area contributed by atoms with E-state index in [-0.39, 0.29) is 5.91 Å². The van der Waals surface area contributed by atoms with Crippen LogP contribution in [0.1, 0.15) is 23.8 Å². The maximum absolute atomic E-state index is 12.4. The number of quaternary nitrogens is 1. The van der Waals surface area contributed by atoms with E-state index >= 15 is 0 Å². The molecule has 1 aliphatic heterocycles. The van der Waals surface area contributed by atoms with Gasteiger partial charge in [-0.2, -0.15) is 0 Å². The summed E-state index contributed by atoms with van der Waals surface area (Å²) < 4.78 is 6.39. The van der Waals surface area contributed by atoms with E-state index in [4.69, 9.17) is 21.3 Å². The molecular weight excluding hydrogens is 394 g/mol. The van der Waals surface area contributed by atoms with Gasteiger partial charge in [-0.25, -0.2) is 4.98 Å². The number of hydrogen-bond acceptors (Lipinski definition) is 4. The molecule has 0 unspecified atom stereocenters. The number of nitrogens with one attached hydrogen (secondary N) is 2. The first-order valence-electron chi connectivity index (χ1n) is 9.45. The van der Waals surface area contributed by atoms with Crippen LogP contribution in [0.2, 0.25) is 5.02 Å². The standard InChI is InChI=1S/C21H22ClN3O2S/c1-27-18-7-6-15(12-16(18)22)23-20(26)13-25-10-8-14(9-11-25)21-24-17-4-2-3-5-19(17)28-21/h2-7,12,14H,8-11,13H2,1H3,(H,23,26)/p+1. The number of para-hydroxylation sites is 1. The molecule has 0 atom stereocenters. The third kappa shape index (κ3) is 4.29. The number of anilines is 1. The molecule has 0 aliphatic carbocycles. The summed E-state index contributed by atoms with van der Waals surface area (Å²) in [4.78, 5) is 18.5. The minimum absolute atomic E-state index is 0.00895. The minimum atomic E-state index is 0.00895. The van der Waals surface area contributed by atoms with Gasteiger partial charge in [0.1, 0.15) is 5.75 Å². The normalized spacial score (nSPS) is 19.5. The van der Waals surface area contributed by atoms with Crippen LogP contribution in [-0.2, 0) is 4.79 Å². The van der Waals surface area contributed by atoms with E-state index in [1.165, 1.54) is 14.6 Å². The number of aromatic nitrogens is 1.